The van der Waals surface area contributed by atoms with E-state index < -0.39 is 12.0 Å². The maximum absolute atomic E-state index is 13.0. The van der Waals surface area contributed by atoms with E-state index in [2.05, 4.69) is 9.89 Å². The molecule has 3 heterocycles. The van der Waals surface area contributed by atoms with E-state index in [9.17, 15) is 18.0 Å². The molecule has 6 rings (SSSR count). The maximum Gasteiger partial charge on any atom is 0.573 e. The van der Waals surface area contributed by atoms with E-state index in [0.717, 1.165) is 25.7 Å². The molecule has 196 valence electrons. The molecule has 36 heavy (non-hydrogen) atoms. The molecule has 2 saturated carbocycles. The quantitative estimate of drug-likeness (QED) is 0.448. The lowest BCUT2D eigenvalue weighted by Crippen LogP contribution is -2.57. The summed E-state index contributed by atoms with van der Waals surface area (Å²) in [4.78, 5) is 14.5. The third kappa shape index (κ3) is 5.48. The first kappa shape index (κ1) is 24.9. The van der Waals surface area contributed by atoms with Gasteiger partial charge in [-0.1, -0.05) is 17.3 Å². The zero-order chi connectivity index (χ0) is 25.7. The van der Waals surface area contributed by atoms with Crippen molar-refractivity contribution in [3.8, 4) is 17.0 Å². The smallest absolute Gasteiger partial charge is 0.444 e. The van der Waals surface area contributed by atoms with Crippen LogP contribution in [0.2, 0.25) is 0 Å². The number of alkyl halides is 3. The number of carbonyl (C=O) groups is 1. The zero-order valence-corrected chi connectivity index (χ0v) is 20.6. The molecule has 2 saturated heterocycles. The zero-order valence-electron chi connectivity index (χ0n) is 20.6. The van der Waals surface area contributed by atoms with E-state index in [1.54, 1.807) is 12.1 Å². The van der Waals surface area contributed by atoms with Crippen LogP contribution in [0.15, 0.2) is 28.8 Å². The molecule has 1 amide bonds. The van der Waals surface area contributed by atoms with E-state index in [1.165, 1.54) is 12.1 Å². The second-order valence-electron chi connectivity index (χ2n) is 10.9. The summed E-state index contributed by atoms with van der Waals surface area (Å²) in [6.45, 7) is 6.30. The van der Waals surface area contributed by atoms with Crippen molar-refractivity contribution in [1.29, 1.82) is 0 Å². The summed E-state index contributed by atoms with van der Waals surface area (Å²) in [5.74, 6) is 0.705. The molecule has 3 atom stereocenters. The number of aromatic nitrogens is 1. The van der Waals surface area contributed by atoms with Gasteiger partial charge in [-0.2, -0.15) is 0 Å². The van der Waals surface area contributed by atoms with Crippen molar-refractivity contribution < 1.29 is 36.7 Å². The van der Waals surface area contributed by atoms with Crippen LogP contribution in [0.5, 0.6) is 5.75 Å². The molecule has 0 unspecified atom stereocenters. The van der Waals surface area contributed by atoms with Crippen LogP contribution in [0, 0.1) is 5.92 Å². The van der Waals surface area contributed by atoms with E-state index in [-0.39, 0.29) is 48.0 Å². The minimum absolute atomic E-state index is 0.0422. The molecule has 2 bridgehead atoms. The Morgan fingerprint density at radius 3 is 2.53 bits per heavy atom. The van der Waals surface area contributed by atoms with Crippen LogP contribution in [0.1, 0.15) is 70.1 Å². The fourth-order valence-electron chi connectivity index (χ4n) is 5.22. The van der Waals surface area contributed by atoms with Gasteiger partial charge in [-0.05, 0) is 65.0 Å². The Morgan fingerprint density at radius 2 is 1.89 bits per heavy atom. The molecule has 0 radical (unpaired) electrons. The molecule has 4 fully saturated rings. The standard InChI is InChI=1S/C26H31F3N2O5/c1-25(2,3)35-24(32)31-13-16-10-11-17(31)12-21(16)33-14-19-22(30-36-23(19)15-8-9-15)18-6-4-5-7-20(18)34-26(27,28)29/h4-7,15-17,21H,8-14H2,1-3H3/t16-,17-,21+/m0/s1. The Labute approximate surface area is 207 Å². The second kappa shape index (κ2) is 9.28. The highest BCUT2D eigenvalue weighted by molar-refractivity contribution is 5.70. The highest BCUT2D eigenvalue weighted by Gasteiger charge is 2.44. The lowest BCUT2D eigenvalue weighted by molar-refractivity contribution is -0.274. The highest BCUT2D eigenvalue weighted by Crippen LogP contribution is 2.46. The van der Waals surface area contributed by atoms with Crippen LogP contribution >= 0.6 is 0 Å². The third-order valence-electron chi connectivity index (χ3n) is 6.98. The average molecular weight is 509 g/mol. The van der Waals surface area contributed by atoms with Gasteiger partial charge in [0, 0.05) is 35.5 Å². The molecule has 0 N–H and O–H groups in total. The maximum atomic E-state index is 13.0. The predicted molar refractivity (Wildman–Crippen MR) is 123 cm³/mol. The van der Waals surface area contributed by atoms with E-state index in [1.807, 2.05) is 25.7 Å². The van der Waals surface area contributed by atoms with Crippen LogP contribution in [-0.4, -0.2) is 46.8 Å². The summed E-state index contributed by atoms with van der Waals surface area (Å²) < 4.78 is 60.9. The Kier molecular flexibility index (Phi) is 6.43. The summed E-state index contributed by atoms with van der Waals surface area (Å²) in [6, 6.07) is 5.98. The monoisotopic (exact) mass is 508 g/mol. The van der Waals surface area contributed by atoms with Gasteiger partial charge in [-0.3, -0.25) is 0 Å². The number of benzene rings is 1. The molecule has 1 aromatic carbocycles. The van der Waals surface area contributed by atoms with Gasteiger partial charge in [0.1, 0.15) is 22.8 Å². The van der Waals surface area contributed by atoms with Crippen LogP contribution < -0.4 is 4.74 Å². The normalized spacial score (nSPS) is 24.2. The second-order valence-corrected chi connectivity index (χ2v) is 10.9. The van der Waals surface area contributed by atoms with Crippen molar-refractivity contribution in [2.45, 2.75) is 89.5 Å². The summed E-state index contributed by atoms with van der Waals surface area (Å²) in [5.41, 5.74) is 0.638. The molecule has 7 nitrogen and oxygen atoms in total. The number of hydrogen-bond donors (Lipinski definition) is 0. The molecule has 2 aliphatic heterocycles. The van der Waals surface area contributed by atoms with Gasteiger partial charge in [0.05, 0.1) is 12.7 Å². The van der Waals surface area contributed by atoms with Gasteiger partial charge in [0.25, 0.3) is 0 Å². The fraction of sp³-hybridized carbons (Fsp3) is 0.615. The molecular formula is C26H31F3N2O5. The van der Waals surface area contributed by atoms with Gasteiger partial charge in [0.2, 0.25) is 0 Å². The number of hydrogen-bond acceptors (Lipinski definition) is 6. The number of carbonyl (C=O) groups excluding carboxylic acids is 1. The highest BCUT2D eigenvalue weighted by atomic mass is 19.4. The average Bonchev–Trinajstić information content (AvgIpc) is 3.56. The molecule has 10 heteroatoms. The number of rotatable bonds is 6. The number of para-hydroxylation sites is 1. The van der Waals surface area contributed by atoms with Crippen molar-refractivity contribution in [2.24, 2.45) is 5.92 Å². The summed E-state index contributed by atoms with van der Waals surface area (Å²) in [5, 5.41) is 4.15. The number of halogens is 3. The number of piperidine rings is 2. The summed E-state index contributed by atoms with van der Waals surface area (Å²) in [6.07, 6.45) is -0.759. The Balaban J connectivity index is 1.33. The summed E-state index contributed by atoms with van der Waals surface area (Å²) >= 11 is 0. The number of ether oxygens (including phenoxy) is 3. The number of amides is 1. The van der Waals surface area contributed by atoms with E-state index in [0.29, 0.717) is 30.0 Å². The Hall–Kier alpha value is -2.75. The minimum Gasteiger partial charge on any atom is -0.444 e. The van der Waals surface area contributed by atoms with Crippen LogP contribution in [-0.2, 0) is 16.1 Å². The van der Waals surface area contributed by atoms with Crippen molar-refractivity contribution in [3.05, 3.63) is 35.6 Å². The summed E-state index contributed by atoms with van der Waals surface area (Å²) in [7, 11) is 0. The van der Waals surface area contributed by atoms with Crippen molar-refractivity contribution in [1.82, 2.24) is 10.1 Å². The Bertz CT molecular complexity index is 1110. The first-order chi connectivity index (χ1) is 17.0. The molecule has 2 aliphatic carbocycles. The number of nitrogens with zero attached hydrogens (tertiary/aromatic N) is 2. The minimum atomic E-state index is -4.82. The molecular weight excluding hydrogens is 477 g/mol. The molecule has 0 spiro atoms. The Morgan fingerprint density at radius 1 is 1.14 bits per heavy atom. The third-order valence-corrected chi connectivity index (χ3v) is 6.98. The van der Waals surface area contributed by atoms with Crippen LogP contribution in [0.4, 0.5) is 18.0 Å². The fourth-order valence-corrected chi connectivity index (χ4v) is 5.22. The lowest BCUT2D eigenvalue weighted by Gasteiger charge is -2.49. The van der Waals surface area contributed by atoms with Gasteiger partial charge in [0.15, 0.2) is 0 Å². The molecule has 2 aromatic rings. The molecule has 1 aromatic heterocycles. The first-order valence-electron chi connectivity index (χ1n) is 12.4. The largest absolute Gasteiger partial charge is 0.573 e. The predicted octanol–water partition coefficient (Wildman–Crippen LogP) is 6.42. The van der Waals surface area contributed by atoms with E-state index in [4.69, 9.17) is 14.0 Å². The lowest BCUT2D eigenvalue weighted by atomic mass is 9.78. The first-order valence-corrected chi connectivity index (χ1v) is 12.4. The topological polar surface area (TPSA) is 74.0 Å². The van der Waals surface area contributed by atoms with Gasteiger partial charge < -0.3 is 23.6 Å². The van der Waals surface area contributed by atoms with Gasteiger partial charge >= 0.3 is 12.5 Å². The van der Waals surface area contributed by atoms with Crippen LogP contribution in [0.3, 0.4) is 0 Å². The van der Waals surface area contributed by atoms with Crippen molar-refractivity contribution >= 4 is 6.09 Å². The van der Waals surface area contributed by atoms with Gasteiger partial charge in [-0.15, -0.1) is 13.2 Å². The SMILES string of the molecule is CC(C)(C)OC(=O)N1C[C@@H]2CC[C@H]1C[C@H]2OCc1c(-c2ccccc2OC(F)(F)F)noc1C1CC1. The van der Waals surface area contributed by atoms with Crippen molar-refractivity contribution in [2.75, 3.05) is 6.54 Å². The van der Waals surface area contributed by atoms with E-state index >= 15 is 0 Å². The van der Waals surface area contributed by atoms with Crippen molar-refractivity contribution in [3.63, 3.8) is 0 Å². The van der Waals surface area contributed by atoms with Crippen LogP contribution in [0.25, 0.3) is 11.3 Å². The number of fused-ring (bicyclic) bond motifs is 3. The molecule has 4 aliphatic rings. The van der Waals surface area contributed by atoms with Gasteiger partial charge in [-0.25, -0.2) is 4.79 Å².